The number of morpholine rings is 1. The topological polar surface area (TPSA) is 66.9 Å². The SMILES string of the molecule is Cc1ccc(F)cc1S(=O)(=O)N1CCCC1C(=O)N1CCOCC1. The Bertz CT molecular complexity index is 732. The van der Waals surface area contributed by atoms with Crippen molar-refractivity contribution in [3.8, 4) is 0 Å². The molecule has 1 aromatic carbocycles. The molecule has 0 aliphatic carbocycles. The zero-order valence-corrected chi connectivity index (χ0v) is 14.4. The largest absolute Gasteiger partial charge is 0.378 e. The highest BCUT2D eigenvalue weighted by molar-refractivity contribution is 7.89. The smallest absolute Gasteiger partial charge is 0.244 e. The molecular weight excluding hydrogens is 335 g/mol. The van der Waals surface area contributed by atoms with Crippen LogP contribution in [0.1, 0.15) is 18.4 Å². The Morgan fingerprint density at radius 3 is 2.67 bits per heavy atom. The summed E-state index contributed by atoms with van der Waals surface area (Å²) in [4.78, 5) is 14.3. The van der Waals surface area contributed by atoms with Gasteiger partial charge in [0.2, 0.25) is 15.9 Å². The molecule has 1 aromatic rings. The van der Waals surface area contributed by atoms with Crippen LogP contribution in [0.2, 0.25) is 0 Å². The molecule has 8 heteroatoms. The Morgan fingerprint density at radius 2 is 1.96 bits per heavy atom. The Morgan fingerprint density at radius 1 is 1.25 bits per heavy atom. The summed E-state index contributed by atoms with van der Waals surface area (Å²) in [5.41, 5.74) is 0.473. The first-order valence-electron chi connectivity index (χ1n) is 8.06. The third-order valence-electron chi connectivity index (χ3n) is 4.55. The van der Waals surface area contributed by atoms with Crippen LogP contribution in [0.5, 0.6) is 0 Å². The molecule has 1 amide bonds. The van der Waals surface area contributed by atoms with Gasteiger partial charge in [-0.2, -0.15) is 4.31 Å². The maximum absolute atomic E-state index is 13.5. The van der Waals surface area contributed by atoms with Gasteiger partial charge in [0.15, 0.2) is 0 Å². The Balaban J connectivity index is 1.89. The third kappa shape index (κ3) is 3.18. The van der Waals surface area contributed by atoms with Crippen molar-refractivity contribution in [2.75, 3.05) is 32.8 Å². The molecular formula is C16H21FN2O4S. The maximum Gasteiger partial charge on any atom is 0.244 e. The molecule has 6 nitrogen and oxygen atoms in total. The number of amides is 1. The molecule has 2 aliphatic heterocycles. The second-order valence-corrected chi connectivity index (χ2v) is 7.98. The molecule has 2 aliphatic rings. The van der Waals surface area contributed by atoms with E-state index in [0.717, 1.165) is 6.07 Å². The van der Waals surface area contributed by atoms with Crippen LogP contribution in [0.15, 0.2) is 23.1 Å². The normalized spacial score (nSPS) is 22.8. The van der Waals surface area contributed by atoms with Crippen molar-refractivity contribution in [3.63, 3.8) is 0 Å². The summed E-state index contributed by atoms with van der Waals surface area (Å²) in [5.74, 6) is -0.789. The zero-order chi connectivity index (χ0) is 17.3. The first-order chi connectivity index (χ1) is 11.4. The fraction of sp³-hybridized carbons (Fsp3) is 0.562. The highest BCUT2D eigenvalue weighted by Crippen LogP contribution is 2.29. The van der Waals surface area contributed by atoms with Crippen LogP contribution in [0.3, 0.4) is 0 Å². The Labute approximate surface area is 141 Å². The number of rotatable bonds is 3. The van der Waals surface area contributed by atoms with E-state index in [4.69, 9.17) is 4.74 Å². The molecule has 2 heterocycles. The van der Waals surface area contributed by atoms with Gasteiger partial charge in [0.05, 0.1) is 18.1 Å². The van der Waals surface area contributed by atoms with Crippen LogP contribution in [-0.4, -0.2) is 62.4 Å². The molecule has 0 saturated carbocycles. The van der Waals surface area contributed by atoms with Gasteiger partial charge >= 0.3 is 0 Å². The van der Waals surface area contributed by atoms with Crippen LogP contribution in [0.4, 0.5) is 4.39 Å². The highest BCUT2D eigenvalue weighted by Gasteiger charge is 2.41. The van der Waals surface area contributed by atoms with E-state index in [0.29, 0.717) is 44.7 Å². The van der Waals surface area contributed by atoms with Crippen LogP contribution < -0.4 is 0 Å². The van der Waals surface area contributed by atoms with E-state index in [1.807, 2.05) is 0 Å². The van der Waals surface area contributed by atoms with Gasteiger partial charge in [-0.05, 0) is 37.5 Å². The van der Waals surface area contributed by atoms with Gasteiger partial charge in [-0.1, -0.05) is 6.07 Å². The fourth-order valence-electron chi connectivity index (χ4n) is 3.25. The summed E-state index contributed by atoms with van der Waals surface area (Å²) < 4.78 is 45.9. The number of sulfonamides is 1. The summed E-state index contributed by atoms with van der Waals surface area (Å²) >= 11 is 0. The van der Waals surface area contributed by atoms with Gasteiger partial charge in [0.1, 0.15) is 11.9 Å². The quantitative estimate of drug-likeness (QED) is 0.815. The van der Waals surface area contributed by atoms with E-state index >= 15 is 0 Å². The average molecular weight is 356 g/mol. The van der Waals surface area contributed by atoms with Crippen molar-refractivity contribution in [1.29, 1.82) is 0 Å². The molecule has 132 valence electrons. The van der Waals surface area contributed by atoms with Crippen LogP contribution in [0, 0.1) is 12.7 Å². The van der Waals surface area contributed by atoms with Crippen molar-refractivity contribution in [2.24, 2.45) is 0 Å². The molecule has 0 bridgehead atoms. The number of halogens is 1. The van der Waals surface area contributed by atoms with Crippen LogP contribution >= 0.6 is 0 Å². The van der Waals surface area contributed by atoms with E-state index in [2.05, 4.69) is 0 Å². The number of benzene rings is 1. The predicted octanol–water partition coefficient (Wildman–Crippen LogP) is 1.15. The number of aryl methyl sites for hydroxylation is 1. The second-order valence-electron chi connectivity index (χ2n) is 6.12. The fourth-order valence-corrected chi connectivity index (χ4v) is 5.14. The number of hydrogen-bond acceptors (Lipinski definition) is 4. The van der Waals surface area contributed by atoms with Crippen LogP contribution in [0.25, 0.3) is 0 Å². The van der Waals surface area contributed by atoms with Gasteiger partial charge in [0, 0.05) is 19.6 Å². The Hall–Kier alpha value is -1.51. The number of carbonyl (C=O) groups is 1. The lowest BCUT2D eigenvalue weighted by molar-refractivity contribution is -0.138. The molecule has 0 N–H and O–H groups in total. The molecule has 0 radical (unpaired) electrons. The van der Waals surface area contributed by atoms with E-state index in [1.165, 1.54) is 16.4 Å². The molecule has 1 atom stereocenters. The van der Waals surface area contributed by atoms with Crippen molar-refractivity contribution in [1.82, 2.24) is 9.21 Å². The molecule has 2 saturated heterocycles. The lowest BCUT2D eigenvalue weighted by Crippen LogP contribution is -2.51. The molecule has 1 unspecified atom stereocenters. The van der Waals surface area contributed by atoms with Crippen molar-refractivity contribution in [3.05, 3.63) is 29.6 Å². The minimum Gasteiger partial charge on any atom is -0.378 e. The molecule has 0 aromatic heterocycles. The number of carbonyl (C=O) groups excluding carboxylic acids is 1. The minimum absolute atomic E-state index is 0.0656. The molecule has 2 fully saturated rings. The number of ether oxygens (including phenoxy) is 1. The summed E-state index contributed by atoms with van der Waals surface area (Å²) in [5, 5.41) is 0. The molecule has 3 rings (SSSR count). The van der Waals surface area contributed by atoms with Gasteiger partial charge in [-0.25, -0.2) is 12.8 Å². The van der Waals surface area contributed by atoms with Gasteiger partial charge < -0.3 is 9.64 Å². The summed E-state index contributed by atoms with van der Waals surface area (Å²) in [6, 6.07) is 2.99. The van der Waals surface area contributed by atoms with Gasteiger partial charge in [0.25, 0.3) is 0 Å². The average Bonchev–Trinajstić information content (AvgIpc) is 3.07. The zero-order valence-electron chi connectivity index (χ0n) is 13.6. The third-order valence-corrected chi connectivity index (χ3v) is 6.60. The maximum atomic E-state index is 13.5. The first-order valence-corrected chi connectivity index (χ1v) is 9.50. The lowest BCUT2D eigenvalue weighted by Gasteiger charge is -2.32. The number of hydrogen-bond donors (Lipinski definition) is 0. The first kappa shape index (κ1) is 17.3. The number of nitrogens with zero attached hydrogens (tertiary/aromatic N) is 2. The predicted molar refractivity (Wildman–Crippen MR) is 85.4 cm³/mol. The summed E-state index contributed by atoms with van der Waals surface area (Å²) in [7, 11) is -3.91. The van der Waals surface area contributed by atoms with Crippen molar-refractivity contribution in [2.45, 2.75) is 30.7 Å². The van der Waals surface area contributed by atoms with E-state index in [-0.39, 0.29) is 17.3 Å². The molecule has 24 heavy (non-hydrogen) atoms. The van der Waals surface area contributed by atoms with Crippen molar-refractivity contribution < 1.29 is 22.3 Å². The highest BCUT2D eigenvalue weighted by atomic mass is 32.2. The van der Waals surface area contributed by atoms with Gasteiger partial charge in [-0.15, -0.1) is 0 Å². The summed E-state index contributed by atoms with van der Waals surface area (Å²) in [6.45, 7) is 3.78. The second kappa shape index (κ2) is 6.78. The molecule has 0 spiro atoms. The van der Waals surface area contributed by atoms with Gasteiger partial charge in [-0.3, -0.25) is 4.79 Å². The van der Waals surface area contributed by atoms with E-state index < -0.39 is 21.9 Å². The monoisotopic (exact) mass is 356 g/mol. The summed E-state index contributed by atoms with van der Waals surface area (Å²) in [6.07, 6.45) is 1.11. The Kier molecular flexibility index (Phi) is 4.89. The standard InChI is InChI=1S/C16H21FN2O4S/c1-12-4-5-13(17)11-15(12)24(21,22)19-6-2-3-14(19)16(20)18-7-9-23-10-8-18/h4-5,11,14H,2-3,6-10H2,1H3. The minimum atomic E-state index is -3.91. The van der Waals surface area contributed by atoms with E-state index in [9.17, 15) is 17.6 Å². The lowest BCUT2D eigenvalue weighted by atomic mass is 10.2. The van der Waals surface area contributed by atoms with Crippen LogP contribution in [-0.2, 0) is 19.6 Å². The van der Waals surface area contributed by atoms with E-state index in [1.54, 1.807) is 11.8 Å². The van der Waals surface area contributed by atoms with Crippen molar-refractivity contribution >= 4 is 15.9 Å².